The Morgan fingerprint density at radius 3 is 2.59 bits per heavy atom. The second-order valence-corrected chi connectivity index (χ2v) is 10.5. The SMILES string of the molecule is Cc1ccnc(C(C)C)c1-n1c(=O)nc(N2CCNCC2C)c2cc(C#N)c(-c3cc(C)c(=O)n(C)c3)nc21. The fourth-order valence-corrected chi connectivity index (χ4v) is 5.30. The summed E-state index contributed by atoms with van der Waals surface area (Å²) < 4.78 is 3.01. The lowest BCUT2D eigenvalue weighted by Gasteiger charge is -2.35. The molecule has 4 aromatic rings. The maximum absolute atomic E-state index is 13.9. The molecule has 1 fully saturated rings. The first kappa shape index (κ1) is 26.3. The summed E-state index contributed by atoms with van der Waals surface area (Å²) in [6.07, 6.45) is 3.41. The number of anilines is 1. The van der Waals surface area contributed by atoms with E-state index in [0.717, 1.165) is 24.3 Å². The van der Waals surface area contributed by atoms with Gasteiger partial charge >= 0.3 is 5.69 Å². The molecule has 0 saturated carbocycles. The zero-order valence-electron chi connectivity index (χ0n) is 23.1. The van der Waals surface area contributed by atoms with Gasteiger partial charge in [-0.1, -0.05) is 13.8 Å². The highest BCUT2D eigenvalue weighted by Crippen LogP contribution is 2.33. The van der Waals surface area contributed by atoms with Crippen LogP contribution < -0.4 is 21.5 Å². The molecule has 5 rings (SSSR count). The molecule has 5 heterocycles. The zero-order chi connectivity index (χ0) is 28.0. The van der Waals surface area contributed by atoms with Crippen LogP contribution in [-0.2, 0) is 7.05 Å². The number of aryl methyl sites for hydroxylation is 3. The van der Waals surface area contributed by atoms with Crippen LogP contribution in [0.25, 0.3) is 28.0 Å². The third-order valence-corrected chi connectivity index (χ3v) is 7.30. The van der Waals surface area contributed by atoms with Crippen molar-refractivity contribution in [3.8, 4) is 23.0 Å². The summed E-state index contributed by atoms with van der Waals surface area (Å²) in [6.45, 7) is 12.0. The number of fused-ring (bicyclic) bond motifs is 1. The van der Waals surface area contributed by atoms with Crippen LogP contribution in [0, 0.1) is 25.2 Å². The Morgan fingerprint density at radius 1 is 1.15 bits per heavy atom. The highest BCUT2D eigenvalue weighted by molar-refractivity contribution is 5.92. The molecule has 0 bridgehead atoms. The first-order valence-electron chi connectivity index (χ1n) is 13.1. The van der Waals surface area contributed by atoms with Crippen LogP contribution in [0.3, 0.4) is 0 Å². The van der Waals surface area contributed by atoms with Gasteiger partial charge in [-0.15, -0.1) is 0 Å². The zero-order valence-corrected chi connectivity index (χ0v) is 23.1. The van der Waals surface area contributed by atoms with Crippen molar-refractivity contribution in [2.24, 2.45) is 7.05 Å². The topological polar surface area (TPSA) is 122 Å². The molecule has 4 aromatic heterocycles. The summed E-state index contributed by atoms with van der Waals surface area (Å²) in [7, 11) is 1.67. The normalized spacial score (nSPS) is 15.6. The number of pyridine rings is 3. The lowest BCUT2D eigenvalue weighted by molar-refractivity contribution is 0.497. The fourth-order valence-electron chi connectivity index (χ4n) is 5.30. The van der Waals surface area contributed by atoms with E-state index in [1.54, 1.807) is 38.5 Å². The van der Waals surface area contributed by atoms with Gasteiger partial charge in [-0.2, -0.15) is 10.2 Å². The molecule has 0 amide bonds. The minimum Gasteiger partial charge on any atom is -0.351 e. The van der Waals surface area contributed by atoms with Crippen molar-refractivity contribution in [2.75, 3.05) is 24.5 Å². The van der Waals surface area contributed by atoms with Gasteiger partial charge in [-0.3, -0.25) is 9.78 Å². The average Bonchev–Trinajstić information content (AvgIpc) is 2.91. The van der Waals surface area contributed by atoms with Crippen LogP contribution in [-0.4, -0.2) is 49.8 Å². The van der Waals surface area contributed by atoms with Gasteiger partial charge in [0.1, 0.15) is 11.9 Å². The van der Waals surface area contributed by atoms with E-state index in [4.69, 9.17) is 4.98 Å². The van der Waals surface area contributed by atoms with E-state index in [-0.39, 0.29) is 17.5 Å². The molecule has 1 aliphatic heterocycles. The lowest BCUT2D eigenvalue weighted by atomic mass is 10.0. The maximum Gasteiger partial charge on any atom is 0.355 e. The van der Waals surface area contributed by atoms with E-state index in [9.17, 15) is 14.9 Å². The monoisotopic (exact) mass is 524 g/mol. The minimum atomic E-state index is -0.457. The quantitative estimate of drug-likeness (QED) is 0.433. The number of nitrogens with one attached hydrogen (secondary N) is 1. The first-order chi connectivity index (χ1) is 18.6. The molecule has 1 atom stereocenters. The smallest absolute Gasteiger partial charge is 0.351 e. The summed E-state index contributed by atoms with van der Waals surface area (Å²) >= 11 is 0. The van der Waals surface area contributed by atoms with Gasteiger partial charge in [0, 0.05) is 56.2 Å². The second-order valence-electron chi connectivity index (χ2n) is 10.5. The van der Waals surface area contributed by atoms with Crippen LogP contribution >= 0.6 is 0 Å². The van der Waals surface area contributed by atoms with Gasteiger partial charge in [0.2, 0.25) is 0 Å². The number of nitrogens with zero attached hydrogens (tertiary/aromatic N) is 7. The Balaban J connectivity index is 1.94. The maximum atomic E-state index is 13.9. The Labute approximate surface area is 226 Å². The minimum absolute atomic E-state index is 0.0406. The van der Waals surface area contributed by atoms with Crippen molar-refractivity contribution in [1.29, 1.82) is 5.26 Å². The summed E-state index contributed by atoms with van der Waals surface area (Å²) in [4.78, 5) is 42.6. The number of hydrogen-bond acceptors (Lipinski definition) is 8. The first-order valence-corrected chi connectivity index (χ1v) is 13.1. The molecule has 1 saturated heterocycles. The van der Waals surface area contributed by atoms with E-state index in [0.29, 0.717) is 51.5 Å². The van der Waals surface area contributed by atoms with Crippen LogP contribution in [0.4, 0.5) is 5.82 Å². The summed E-state index contributed by atoms with van der Waals surface area (Å²) in [5, 5.41) is 14.2. The number of rotatable bonds is 4. The van der Waals surface area contributed by atoms with E-state index >= 15 is 0 Å². The molecule has 10 nitrogen and oxygen atoms in total. The van der Waals surface area contributed by atoms with E-state index in [1.165, 1.54) is 9.13 Å². The Hall–Kier alpha value is -4.36. The van der Waals surface area contributed by atoms with Crippen molar-refractivity contribution < 1.29 is 0 Å². The standard InChI is InChI=1S/C29H32N8O2/c1-16(2)23-25(17(3)7-8-32-23)37-27-22(26(34-29(37)39)36-10-9-31-14-19(36)5)12-20(13-30)24(33-27)21-11-18(4)28(38)35(6)15-21/h7-8,11-12,15-16,19,31H,9-10,14H2,1-6H3. The molecule has 39 heavy (non-hydrogen) atoms. The van der Waals surface area contributed by atoms with Crippen LogP contribution in [0.2, 0.25) is 0 Å². The second kappa shape index (κ2) is 10.1. The number of piperazine rings is 1. The molecule has 0 spiro atoms. The van der Waals surface area contributed by atoms with Crippen molar-refractivity contribution >= 4 is 16.9 Å². The highest BCUT2D eigenvalue weighted by atomic mass is 16.1. The molecular formula is C29H32N8O2. The molecule has 0 aliphatic carbocycles. The van der Waals surface area contributed by atoms with Crippen LogP contribution in [0.5, 0.6) is 0 Å². The van der Waals surface area contributed by atoms with E-state index < -0.39 is 5.69 Å². The largest absolute Gasteiger partial charge is 0.355 e. The van der Waals surface area contributed by atoms with E-state index in [1.807, 2.05) is 26.8 Å². The summed E-state index contributed by atoms with van der Waals surface area (Å²) in [5.41, 5.74) is 3.98. The van der Waals surface area contributed by atoms with Gasteiger partial charge in [0.15, 0.2) is 5.65 Å². The lowest BCUT2D eigenvalue weighted by Crippen LogP contribution is -2.50. The molecule has 0 radical (unpaired) electrons. The molecule has 200 valence electrons. The van der Waals surface area contributed by atoms with Gasteiger partial charge < -0.3 is 14.8 Å². The Bertz CT molecular complexity index is 1740. The van der Waals surface area contributed by atoms with Crippen molar-refractivity contribution in [3.63, 3.8) is 0 Å². The molecule has 0 aromatic carbocycles. The van der Waals surface area contributed by atoms with Crippen LogP contribution in [0.1, 0.15) is 49.1 Å². The predicted molar refractivity (Wildman–Crippen MR) is 152 cm³/mol. The van der Waals surface area contributed by atoms with E-state index in [2.05, 4.69) is 33.2 Å². The van der Waals surface area contributed by atoms with Crippen molar-refractivity contribution in [2.45, 2.75) is 46.6 Å². The summed E-state index contributed by atoms with van der Waals surface area (Å²) in [5.74, 6) is 0.555. The number of aromatic nitrogens is 5. The van der Waals surface area contributed by atoms with Gasteiger partial charge in [0.05, 0.1) is 28.0 Å². The molecule has 1 N–H and O–H groups in total. The van der Waals surface area contributed by atoms with Gasteiger partial charge in [-0.05, 0) is 50.5 Å². The van der Waals surface area contributed by atoms with Crippen molar-refractivity contribution in [3.05, 3.63) is 73.8 Å². The Morgan fingerprint density at radius 2 is 1.92 bits per heavy atom. The Kier molecular flexibility index (Phi) is 6.78. The third kappa shape index (κ3) is 4.49. The number of hydrogen-bond donors (Lipinski definition) is 1. The van der Waals surface area contributed by atoms with Gasteiger partial charge in [-0.25, -0.2) is 14.3 Å². The fraction of sp³-hybridized carbons (Fsp3) is 0.379. The molecular weight excluding hydrogens is 492 g/mol. The summed E-state index contributed by atoms with van der Waals surface area (Å²) in [6, 6.07) is 7.75. The number of nitriles is 1. The molecule has 1 unspecified atom stereocenters. The third-order valence-electron chi connectivity index (χ3n) is 7.30. The molecule has 1 aliphatic rings. The average molecular weight is 525 g/mol. The van der Waals surface area contributed by atoms with Crippen molar-refractivity contribution in [1.82, 2.24) is 29.4 Å². The highest BCUT2D eigenvalue weighted by Gasteiger charge is 2.27. The van der Waals surface area contributed by atoms with Crippen LogP contribution in [0.15, 0.2) is 40.2 Å². The molecule has 10 heteroatoms. The predicted octanol–water partition coefficient (Wildman–Crippen LogP) is 2.95. The van der Waals surface area contributed by atoms with Gasteiger partial charge in [0.25, 0.3) is 5.56 Å².